The molecule has 1 heterocycles. The minimum atomic E-state index is -0.950. The van der Waals surface area contributed by atoms with E-state index in [-0.39, 0.29) is 17.9 Å². The number of rotatable bonds is 7. The maximum atomic E-state index is 12.6. The molecule has 174 valence electrons. The highest BCUT2D eigenvalue weighted by molar-refractivity contribution is 5.97. The van der Waals surface area contributed by atoms with Crippen molar-refractivity contribution in [3.05, 3.63) is 101 Å². The molecule has 3 aromatic carbocycles. The van der Waals surface area contributed by atoms with E-state index in [2.05, 4.69) is 72.0 Å². The number of nitroso groups, excluding NO2 is 1. The molecule has 2 amide bonds. The first kappa shape index (κ1) is 23.5. The van der Waals surface area contributed by atoms with Gasteiger partial charge in [-0.2, -0.15) is 0 Å². The number of carbonyl (C=O) groups excluding carboxylic acids is 2. The van der Waals surface area contributed by atoms with Gasteiger partial charge in [-0.1, -0.05) is 72.8 Å². The lowest BCUT2D eigenvalue weighted by atomic mass is 9.80. The number of likely N-dealkylation sites (tertiary alicyclic amines) is 1. The normalized spacial score (nSPS) is 19.3. The molecule has 6 heteroatoms. The van der Waals surface area contributed by atoms with Crippen LogP contribution in [-0.4, -0.2) is 36.3 Å². The van der Waals surface area contributed by atoms with Gasteiger partial charge >= 0.3 is 5.91 Å². The fourth-order valence-corrected chi connectivity index (χ4v) is 4.87. The number of hydrogen-bond donors (Lipinski definition) is 1. The molecule has 1 aliphatic rings. The number of fused-ring (bicyclic) bond motifs is 1. The number of piperidine rings is 1. The molecule has 0 bridgehead atoms. The van der Waals surface area contributed by atoms with Gasteiger partial charge in [0.25, 0.3) is 0 Å². The second kappa shape index (κ2) is 11.0. The van der Waals surface area contributed by atoms with Crippen molar-refractivity contribution in [3.63, 3.8) is 0 Å². The van der Waals surface area contributed by atoms with E-state index in [1.54, 1.807) is 4.90 Å². The molecule has 1 aliphatic heterocycles. The van der Waals surface area contributed by atoms with Gasteiger partial charge in [-0.05, 0) is 47.7 Å². The van der Waals surface area contributed by atoms with Crippen molar-refractivity contribution in [2.24, 2.45) is 11.1 Å². The molecule has 6 nitrogen and oxygen atoms in total. The van der Waals surface area contributed by atoms with E-state index < -0.39 is 5.91 Å². The van der Waals surface area contributed by atoms with Crippen molar-refractivity contribution < 1.29 is 9.59 Å². The quantitative estimate of drug-likeness (QED) is 0.403. The van der Waals surface area contributed by atoms with Gasteiger partial charge in [0.15, 0.2) is 0 Å². The highest BCUT2D eigenvalue weighted by atomic mass is 16.3. The predicted octanol–water partition coefficient (Wildman–Crippen LogP) is 4.97. The Morgan fingerprint density at radius 1 is 1.03 bits per heavy atom. The van der Waals surface area contributed by atoms with Gasteiger partial charge < -0.3 is 10.2 Å². The summed E-state index contributed by atoms with van der Waals surface area (Å²) in [5.41, 5.74) is 2.47. The summed E-state index contributed by atoms with van der Waals surface area (Å²) in [5.74, 6) is -0.700. The second-order valence-electron chi connectivity index (χ2n) is 8.81. The molecule has 0 radical (unpaired) electrons. The molecule has 3 atom stereocenters. The zero-order valence-electron chi connectivity index (χ0n) is 19.3. The van der Waals surface area contributed by atoms with E-state index in [0.29, 0.717) is 19.0 Å². The largest absolute Gasteiger partial charge is 0.339 e. The summed E-state index contributed by atoms with van der Waals surface area (Å²) in [5, 5.41) is 8.55. The number of amides is 2. The first-order chi connectivity index (χ1) is 16.6. The molecule has 2 unspecified atom stereocenters. The maximum Gasteiger partial charge on any atom is 0.309 e. The van der Waals surface area contributed by atoms with Crippen molar-refractivity contribution in [3.8, 4) is 0 Å². The minimum Gasteiger partial charge on any atom is -0.339 e. The molecule has 4 rings (SSSR count). The predicted molar refractivity (Wildman–Crippen MR) is 134 cm³/mol. The first-order valence-corrected chi connectivity index (χ1v) is 11.7. The number of benzene rings is 3. The van der Waals surface area contributed by atoms with E-state index in [1.165, 1.54) is 21.9 Å². The van der Waals surface area contributed by atoms with Crippen LogP contribution < -0.4 is 5.32 Å². The van der Waals surface area contributed by atoms with Crippen LogP contribution in [0.4, 0.5) is 0 Å². The van der Waals surface area contributed by atoms with Crippen LogP contribution in [-0.2, 0) is 9.59 Å². The van der Waals surface area contributed by atoms with Crippen LogP contribution in [0.1, 0.15) is 36.4 Å². The molecule has 0 saturated carbocycles. The van der Waals surface area contributed by atoms with Crippen LogP contribution in [0.15, 0.2) is 90.1 Å². The minimum absolute atomic E-state index is 0.166. The standard InChI is InChI=1S/C28H29N3O3/c1-20(24-13-7-11-21-10-5-6-12-25(21)24)29-18-23-16-17-31(28(33)15-14-27(32)30-34)19-26(23)22-8-3-2-4-9-22/h2-15,20,23,26,29H,16-19H2,1H3/b15-14-/t20-,23?,26?/m1/s1. The molecule has 1 saturated heterocycles. The molecule has 0 spiro atoms. The fourth-order valence-electron chi connectivity index (χ4n) is 4.87. The molecular formula is C28H29N3O3. The number of nitrogens with zero attached hydrogens (tertiary/aromatic N) is 2. The molecule has 0 aromatic heterocycles. The molecule has 3 aromatic rings. The van der Waals surface area contributed by atoms with Crippen molar-refractivity contribution in [2.45, 2.75) is 25.3 Å². The third-order valence-corrected chi connectivity index (χ3v) is 6.73. The lowest BCUT2D eigenvalue weighted by Gasteiger charge is -2.39. The Morgan fingerprint density at radius 3 is 2.56 bits per heavy atom. The lowest BCUT2D eigenvalue weighted by molar-refractivity contribution is -0.128. The molecule has 1 N–H and O–H groups in total. The third kappa shape index (κ3) is 5.46. The van der Waals surface area contributed by atoms with Crippen molar-refractivity contribution in [1.82, 2.24) is 10.2 Å². The first-order valence-electron chi connectivity index (χ1n) is 11.7. The van der Waals surface area contributed by atoms with E-state index in [9.17, 15) is 14.5 Å². The van der Waals surface area contributed by atoms with E-state index in [0.717, 1.165) is 25.1 Å². The monoisotopic (exact) mass is 455 g/mol. The van der Waals surface area contributed by atoms with Gasteiger partial charge in [0, 0.05) is 42.4 Å². The van der Waals surface area contributed by atoms with E-state index >= 15 is 0 Å². The number of carbonyl (C=O) groups is 2. The van der Waals surface area contributed by atoms with Crippen LogP contribution in [0.2, 0.25) is 0 Å². The van der Waals surface area contributed by atoms with Crippen LogP contribution in [0.3, 0.4) is 0 Å². The highest BCUT2D eigenvalue weighted by Crippen LogP contribution is 2.33. The van der Waals surface area contributed by atoms with Gasteiger partial charge in [-0.3, -0.25) is 9.59 Å². The van der Waals surface area contributed by atoms with Gasteiger partial charge in [0.2, 0.25) is 5.91 Å². The zero-order valence-corrected chi connectivity index (χ0v) is 19.3. The lowest BCUT2D eigenvalue weighted by Crippen LogP contribution is -2.45. The second-order valence-corrected chi connectivity index (χ2v) is 8.81. The van der Waals surface area contributed by atoms with Crippen molar-refractivity contribution >= 4 is 22.6 Å². The Labute approximate surface area is 199 Å². The average Bonchev–Trinajstić information content (AvgIpc) is 2.90. The van der Waals surface area contributed by atoms with E-state index in [1.807, 2.05) is 18.2 Å². The summed E-state index contributed by atoms with van der Waals surface area (Å²) in [6.45, 7) is 4.19. The van der Waals surface area contributed by atoms with Gasteiger partial charge in [-0.15, -0.1) is 4.91 Å². The molecule has 1 fully saturated rings. The Balaban J connectivity index is 1.48. The Kier molecular flexibility index (Phi) is 7.60. The van der Waals surface area contributed by atoms with Crippen LogP contribution in [0, 0.1) is 10.8 Å². The average molecular weight is 456 g/mol. The van der Waals surface area contributed by atoms with Gasteiger partial charge in [-0.25, -0.2) is 0 Å². The Hall–Kier alpha value is -3.64. The van der Waals surface area contributed by atoms with Crippen molar-refractivity contribution in [2.75, 3.05) is 19.6 Å². The number of nitrogens with one attached hydrogen (secondary N) is 1. The molecule has 0 aliphatic carbocycles. The maximum absolute atomic E-state index is 12.6. The summed E-state index contributed by atoms with van der Waals surface area (Å²) >= 11 is 0. The topological polar surface area (TPSA) is 78.8 Å². The molecule has 34 heavy (non-hydrogen) atoms. The fraction of sp³-hybridized carbons (Fsp3) is 0.286. The van der Waals surface area contributed by atoms with E-state index in [4.69, 9.17) is 0 Å². The summed E-state index contributed by atoms with van der Waals surface area (Å²) < 4.78 is 0. The van der Waals surface area contributed by atoms with Crippen LogP contribution in [0.5, 0.6) is 0 Å². The zero-order chi connectivity index (χ0) is 23.9. The summed E-state index contributed by atoms with van der Waals surface area (Å²) in [7, 11) is 0. The van der Waals surface area contributed by atoms with Crippen LogP contribution in [0.25, 0.3) is 10.8 Å². The Morgan fingerprint density at radius 2 is 1.76 bits per heavy atom. The van der Waals surface area contributed by atoms with Crippen LogP contribution >= 0.6 is 0 Å². The Bertz CT molecular complexity index is 1190. The third-order valence-electron chi connectivity index (χ3n) is 6.73. The number of hydrogen-bond acceptors (Lipinski definition) is 4. The van der Waals surface area contributed by atoms with Gasteiger partial charge in [0.05, 0.1) is 0 Å². The molecular weight excluding hydrogens is 426 g/mol. The summed E-state index contributed by atoms with van der Waals surface area (Å²) in [6.07, 6.45) is 2.92. The SMILES string of the molecule is C[C@@H](NCC1CCN(C(=O)/C=C\C(=O)N=O)CC1c1ccccc1)c1cccc2ccccc12. The summed E-state index contributed by atoms with van der Waals surface area (Å²) in [6, 6.07) is 25.3. The van der Waals surface area contributed by atoms with Crippen molar-refractivity contribution in [1.29, 1.82) is 0 Å². The smallest absolute Gasteiger partial charge is 0.309 e. The summed E-state index contributed by atoms with van der Waals surface area (Å²) in [4.78, 5) is 35.8. The van der Waals surface area contributed by atoms with Gasteiger partial charge in [0.1, 0.15) is 0 Å². The highest BCUT2D eigenvalue weighted by Gasteiger charge is 2.32.